The maximum absolute atomic E-state index is 12.7. The predicted octanol–water partition coefficient (Wildman–Crippen LogP) is 2.25. The first-order valence-corrected chi connectivity index (χ1v) is 10.3. The molecular formula is C23H25NO9. The fourth-order valence-corrected chi connectivity index (χ4v) is 3.60. The molecular weight excluding hydrogens is 434 g/mol. The largest absolute Gasteiger partial charge is 0.457 e. The highest BCUT2D eigenvalue weighted by Gasteiger charge is 2.44. The summed E-state index contributed by atoms with van der Waals surface area (Å²) in [5, 5.41) is 0. The molecule has 1 aliphatic rings. The molecule has 1 aliphatic heterocycles. The number of benzene rings is 1. The average Bonchev–Trinajstić information content (AvgIpc) is 3.24. The molecule has 0 unspecified atom stereocenters. The van der Waals surface area contributed by atoms with E-state index in [1.807, 2.05) is 30.3 Å². The number of carbonyl (C=O) groups excluding carboxylic acids is 4. The highest BCUT2D eigenvalue weighted by molar-refractivity contribution is 5.94. The molecule has 0 amide bonds. The predicted molar refractivity (Wildman–Crippen MR) is 113 cm³/mol. The fourth-order valence-electron chi connectivity index (χ4n) is 3.60. The third kappa shape index (κ3) is 6.34. The minimum Gasteiger partial charge on any atom is -0.457 e. The van der Waals surface area contributed by atoms with Crippen molar-refractivity contribution >= 4 is 29.8 Å². The highest BCUT2D eigenvalue weighted by atomic mass is 16.6. The summed E-state index contributed by atoms with van der Waals surface area (Å²) in [7, 11) is 0. The normalized spacial score (nSPS) is 20.0. The van der Waals surface area contributed by atoms with Crippen LogP contribution in [0.1, 0.15) is 36.7 Å². The van der Waals surface area contributed by atoms with E-state index in [0.29, 0.717) is 0 Å². The first-order valence-electron chi connectivity index (χ1n) is 10.3. The number of furan rings is 1. The lowest BCUT2D eigenvalue weighted by Crippen LogP contribution is -2.59. The molecule has 0 radical (unpaired) electrons. The summed E-state index contributed by atoms with van der Waals surface area (Å²) in [4.78, 5) is 49.3. The zero-order valence-corrected chi connectivity index (χ0v) is 18.5. The van der Waals surface area contributed by atoms with E-state index in [1.165, 1.54) is 33.1 Å². The molecule has 2 heterocycles. The van der Waals surface area contributed by atoms with E-state index in [-0.39, 0.29) is 31.1 Å². The quantitative estimate of drug-likeness (QED) is 0.450. The minimum atomic E-state index is -1.02. The number of piperidine rings is 1. The van der Waals surface area contributed by atoms with Crippen LogP contribution in [0, 0.1) is 0 Å². The zero-order valence-electron chi connectivity index (χ0n) is 18.5. The van der Waals surface area contributed by atoms with Gasteiger partial charge < -0.3 is 28.3 Å². The average molecular weight is 459 g/mol. The number of nitrogens with zero attached hydrogens (tertiary/aromatic N) is 1. The minimum absolute atomic E-state index is 0.0295. The molecule has 0 saturated carbocycles. The Bertz CT molecular complexity index is 974. The molecule has 10 heteroatoms. The van der Waals surface area contributed by atoms with Gasteiger partial charge in [-0.05, 0) is 11.6 Å². The molecule has 1 saturated heterocycles. The van der Waals surface area contributed by atoms with Crippen LogP contribution in [0.3, 0.4) is 0 Å². The molecule has 10 nitrogen and oxygen atoms in total. The van der Waals surface area contributed by atoms with Crippen LogP contribution in [0.25, 0.3) is 0 Å². The summed E-state index contributed by atoms with van der Waals surface area (Å²) in [6, 6.07) is 10.7. The van der Waals surface area contributed by atoms with Crippen LogP contribution in [-0.2, 0) is 39.9 Å². The molecule has 1 fully saturated rings. The van der Waals surface area contributed by atoms with Gasteiger partial charge in [0, 0.05) is 20.8 Å². The third-order valence-corrected chi connectivity index (χ3v) is 4.83. The molecule has 3 atom stereocenters. The maximum atomic E-state index is 12.7. The van der Waals surface area contributed by atoms with Gasteiger partial charge in [-0.2, -0.15) is 0 Å². The van der Waals surface area contributed by atoms with Crippen LogP contribution in [0.5, 0.6) is 0 Å². The summed E-state index contributed by atoms with van der Waals surface area (Å²) in [6.45, 7) is 3.76. The second-order valence-corrected chi connectivity index (χ2v) is 7.48. The molecule has 176 valence electrons. The lowest BCUT2D eigenvalue weighted by atomic mass is 10.0. The number of hydrogen-bond acceptors (Lipinski definition) is 10. The van der Waals surface area contributed by atoms with E-state index in [2.05, 4.69) is 0 Å². The summed E-state index contributed by atoms with van der Waals surface area (Å²) in [5.41, 5.74) is 0.975. The van der Waals surface area contributed by atoms with Crippen molar-refractivity contribution in [2.45, 2.75) is 45.7 Å². The lowest BCUT2D eigenvalue weighted by Gasteiger charge is -2.41. The molecule has 33 heavy (non-hydrogen) atoms. The van der Waals surface area contributed by atoms with Gasteiger partial charge in [-0.1, -0.05) is 30.3 Å². The van der Waals surface area contributed by atoms with E-state index in [1.54, 1.807) is 4.90 Å². The summed E-state index contributed by atoms with van der Waals surface area (Å²) >= 11 is 0. The van der Waals surface area contributed by atoms with Crippen molar-refractivity contribution in [2.24, 2.45) is 0 Å². The lowest BCUT2D eigenvalue weighted by molar-refractivity contribution is -0.184. The smallest absolute Gasteiger partial charge is 0.344 e. The van der Waals surface area contributed by atoms with Gasteiger partial charge in [-0.15, -0.1) is 0 Å². The number of anilines is 1. The Morgan fingerprint density at radius 2 is 1.45 bits per heavy atom. The van der Waals surface area contributed by atoms with Gasteiger partial charge in [0.25, 0.3) is 0 Å². The van der Waals surface area contributed by atoms with Crippen LogP contribution in [-0.4, -0.2) is 55.3 Å². The zero-order chi connectivity index (χ0) is 24.0. The second-order valence-electron chi connectivity index (χ2n) is 7.48. The molecule has 2 aromatic rings. The van der Waals surface area contributed by atoms with E-state index in [0.717, 1.165) is 5.56 Å². The van der Waals surface area contributed by atoms with Crippen molar-refractivity contribution in [2.75, 3.05) is 18.0 Å². The number of ether oxygens (including phenoxy) is 4. The van der Waals surface area contributed by atoms with Crippen LogP contribution >= 0.6 is 0 Å². The topological polar surface area (TPSA) is 122 Å². The number of esters is 4. The van der Waals surface area contributed by atoms with Gasteiger partial charge in [0.15, 0.2) is 18.3 Å². The van der Waals surface area contributed by atoms with Gasteiger partial charge in [0.05, 0.1) is 19.4 Å². The first kappa shape index (κ1) is 23.8. The number of rotatable bonds is 7. The van der Waals surface area contributed by atoms with E-state index < -0.39 is 42.2 Å². The Hall–Kier alpha value is -3.82. The van der Waals surface area contributed by atoms with Crippen molar-refractivity contribution in [3.8, 4) is 0 Å². The molecule has 1 aromatic carbocycles. The van der Waals surface area contributed by atoms with Crippen molar-refractivity contribution in [1.29, 1.82) is 0 Å². The van der Waals surface area contributed by atoms with Gasteiger partial charge >= 0.3 is 23.9 Å². The van der Waals surface area contributed by atoms with Gasteiger partial charge in [0.1, 0.15) is 12.2 Å². The monoisotopic (exact) mass is 459 g/mol. The van der Waals surface area contributed by atoms with Crippen molar-refractivity contribution < 1.29 is 42.5 Å². The SMILES string of the molecule is CC(=O)O[C@H]1[C@@H](OC(C)=O)CN(c2occc2C(=O)OCc2ccccc2)C[C@H]1OC(C)=O. The Morgan fingerprint density at radius 1 is 0.879 bits per heavy atom. The second kappa shape index (κ2) is 10.7. The van der Waals surface area contributed by atoms with Crippen LogP contribution < -0.4 is 4.90 Å². The Kier molecular flexibility index (Phi) is 7.70. The molecule has 3 rings (SSSR count). The fraction of sp³-hybridized carbons (Fsp3) is 0.391. The summed E-state index contributed by atoms with van der Waals surface area (Å²) < 4.78 is 26.9. The Morgan fingerprint density at radius 3 is 2.00 bits per heavy atom. The maximum Gasteiger partial charge on any atom is 0.344 e. The summed E-state index contributed by atoms with van der Waals surface area (Å²) in [5.74, 6) is -2.29. The highest BCUT2D eigenvalue weighted by Crippen LogP contribution is 2.30. The van der Waals surface area contributed by atoms with Crippen LogP contribution in [0.2, 0.25) is 0 Å². The van der Waals surface area contributed by atoms with E-state index >= 15 is 0 Å². The van der Waals surface area contributed by atoms with E-state index in [9.17, 15) is 19.2 Å². The number of carbonyl (C=O) groups is 4. The van der Waals surface area contributed by atoms with Crippen molar-refractivity contribution in [3.05, 3.63) is 53.8 Å². The van der Waals surface area contributed by atoms with Gasteiger partial charge in [-0.25, -0.2) is 4.79 Å². The van der Waals surface area contributed by atoms with E-state index in [4.69, 9.17) is 23.4 Å². The molecule has 0 aliphatic carbocycles. The molecule has 0 bridgehead atoms. The van der Waals surface area contributed by atoms with Crippen molar-refractivity contribution in [1.82, 2.24) is 0 Å². The molecule has 1 aromatic heterocycles. The molecule has 0 N–H and O–H groups in total. The van der Waals surface area contributed by atoms with Crippen molar-refractivity contribution in [3.63, 3.8) is 0 Å². The van der Waals surface area contributed by atoms with Gasteiger partial charge in [0.2, 0.25) is 5.88 Å². The van der Waals surface area contributed by atoms with Crippen LogP contribution in [0.4, 0.5) is 5.88 Å². The van der Waals surface area contributed by atoms with Gasteiger partial charge in [-0.3, -0.25) is 14.4 Å². The first-order chi connectivity index (χ1) is 15.7. The van der Waals surface area contributed by atoms with Crippen LogP contribution in [0.15, 0.2) is 47.1 Å². The standard InChI is InChI=1S/C23H25NO9/c1-14(25)31-19-11-24(12-20(32-15(2)26)21(19)33-16(3)27)22-18(9-10-29-22)23(28)30-13-17-7-5-4-6-8-17/h4-10,19-21H,11-13H2,1-3H3/t19-,20+,21-. The Labute approximate surface area is 190 Å². The molecule has 0 spiro atoms. The Balaban J connectivity index is 1.82. The summed E-state index contributed by atoms with van der Waals surface area (Å²) in [6.07, 6.45) is -1.63. The number of hydrogen-bond donors (Lipinski definition) is 0. The third-order valence-electron chi connectivity index (χ3n) is 4.83.